The van der Waals surface area contributed by atoms with Crippen molar-refractivity contribution < 1.29 is 5.11 Å². The van der Waals surface area contributed by atoms with E-state index in [0.717, 1.165) is 16.9 Å². The van der Waals surface area contributed by atoms with E-state index in [1.54, 1.807) is 10.9 Å². The Hall–Kier alpha value is -4.11. The minimum atomic E-state index is -0.0264. The fourth-order valence-corrected chi connectivity index (χ4v) is 3.32. The number of aromatic nitrogens is 7. The molecule has 148 valence electrons. The van der Waals surface area contributed by atoms with Gasteiger partial charge in [-0.3, -0.25) is 4.57 Å². The van der Waals surface area contributed by atoms with Crippen LogP contribution in [0.2, 0.25) is 0 Å². The van der Waals surface area contributed by atoms with Gasteiger partial charge in [-0.25, -0.2) is 19.6 Å². The Morgan fingerprint density at radius 2 is 1.87 bits per heavy atom. The molecule has 0 radical (unpaired) electrons. The van der Waals surface area contributed by atoms with Crippen molar-refractivity contribution in [1.82, 2.24) is 34.5 Å². The fraction of sp³-hybridized carbons (Fsp3) is 0.0952. The summed E-state index contributed by atoms with van der Waals surface area (Å²) in [6.07, 6.45) is 3.45. The molecule has 0 spiro atoms. The van der Waals surface area contributed by atoms with E-state index in [9.17, 15) is 5.11 Å². The number of aliphatic hydroxyl groups is 1. The maximum Gasteiger partial charge on any atom is 0.167 e. The summed E-state index contributed by atoms with van der Waals surface area (Å²) in [5, 5.41) is 17.5. The SMILES string of the molecule is Cc1cn(-c2ccc3nc(-c4cccnc4N)n(-c4ccc(CO)cc4)c3n2)nn1. The molecule has 9 heteroatoms. The lowest BCUT2D eigenvalue weighted by molar-refractivity contribution is 0.282. The van der Waals surface area contributed by atoms with Gasteiger partial charge in [-0.2, -0.15) is 0 Å². The molecule has 0 aliphatic carbocycles. The van der Waals surface area contributed by atoms with Crippen molar-refractivity contribution in [2.75, 3.05) is 5.73 Å². The van der Waals surface area contributed by atoms with Gasteiger partial charge in [0, 0.05) is 11.9 Å². The molecule has 1 aromatic carbocycles. The van der Waals surface area contributed by atoms with Crippen molar-refractivity contribution >= 4 is 17.0 Å². The molecule has 0 saturated carbocycles. The third-order valence-electron chi connectivity index (χ3n) is 4.79. The van der Waals surface area contributed by atoms with E-state index in [0.29, 0.717) is 34.2 Å². The molecule has 0 aliphatic heterocycles. The number of anilines is 1. The highest BCUT2D eigenvalue weighted by Gasteiger charge is 2.18. The number of pyridine rings is 2. The molecule has 0 amide bonds. The van der Waals surface area contributed by atoms with Gasteiger partial charge in [0.1, 0.15) is 11.3 Å². The smallest absolute Gasteiger partial charge is 0.167 e. The summed E-state index contributed by atoms with van der Waals surface area (Å²) in [6, 6.07) is 15.0. The van der Waals surface area contributed by atoms with E-state index in [4.69, 9.17) is 15.7 Å². The largest absolute Gasteiger partial charge is 0.392 e. The quantitative estimate of drug-likeness (QED) is 0.477. The molecule has 30 heavy (non-hydrogen) atoms. The topological polar surface area (TPSA) is 121 Å². The molecule has 0 atom stereocenters. The zero-order valence-corrected chi connectivity index (χ0v) is 16.1. The predicted molar refractivity (Wildman–Crippen MR) is 112 cm³/mol. The Morgan fingerprint density at radius 1 is 1.03 bits per heavy atom. The number of nitrogens with two attached hydrogens (primary N) is 1. The highest BCUT2D eigenvalue weighted by atomic mass is 16.3. The minimum Gasteiger partial charge on any atom is -0.392 e. The zero-order valence-electron chi connectivity index (χ0n) is 16.1. The van der Waals surface area contributed by atoms with Crippen LogP contribution in [0.4, 0.5) is 5.82 Å². The van der Waals surface area contributed by atoms with E-state index in [2.05, 4.69) is 15.3 Å². The van der Waals surface area contributed by atoms with Crippen molar-refractivity contribution in [3.05, 3.63) is 72.2 Å². The summed E-state index contributed by atoms with van der Waals surface area (Å²) < 4.78 is 3.55. The van der Waals surface area contributed by atoms with Crippen LogP contribution >= 0.6 is 0 Å². The van der Waals surface area contributed by atoms with Gasteiger partial charge >= 0.3 is 0 Å². The maximum absolute atomic E-state index is 9.39. The van der Waals surface area contributed by atoms with Crippen LogP contribution in [0.5, 0.6) is 0 Å². The van der Waals surface area contributed by atoms with Gasteiger partial charge in [0.2, 0.25) is 0 Å². The molecule has 0 unspecified atom stereocenters. The molecule has 4 aromatic heterocycles. The van der Waals surface area contributed by atoms with Crippen LogP contribution in [0, 0.1) is 6.92 Å². The predicted octanol–water partition coefficient (Wildman–Crippen LogP) is 2.45. The molecule has 4 heterocycles. The molecule has 5 aromatic rings. The molecule has 5 rings (SSSR count). The number of rotatable bonds is 4. The van der Waals surface area contributed by atoms with Crippen LogP contribution in [-0.4, -0.2) is 39.6 Å². The van der Waals surface area contributed by atoms with E-state index in [1.165, 1.54) is 0 Å². The first kappa shape index (κ1) is 18.0. The molecule has 3 N–H and O–H groups in total. The maximum atomic E-state index is 9.39. The van der Waals surface area contributed by atoms with Crippen LogP contribution in [0.15, 0.2) is 60.9 Å². The summed E-state index contributed by atoms with van der Waals surface area (Å²) >= 11 is 0. The van der Waals surface area contributed by atoms with Gasteiger partial charge in [-0.05, 0) is 48.9 Å². The summed E-state index contributed by atoms with van der Waals surface area (Å²) in [5.74, 6) is 1.64. The normalized spacial score (nSPS) is 11.3. The summed E-state index contributed by atoms with van der Waals surface area (Å²) in [7, 11) is 0. The Balaban J connectivity index is 1.79. The number of aryl methyl sites for hydroxylation is 1. The van der Waals surface area contributed by atoms with Crippen molar-refractivity contribution in [2.24, 2.45) is 0 Å². The van der Waals surface area contributed by atoms with Crippen LogP contribution in [0.3, 0.4) is 0 Å². The van der Waals surface area contributed by atoms with Crippen molar-refractivity contribution in [3.63, 3.8) is 0 Å². The second-order valence-corrected chi connectivity index (χ2v) is 6.85. The van der Waals surface area contributed by atoms with E-state index in [1.807, 2.05) is 66.2 Å². The fourth-order valence-electron chi connectivity index (χ4n) is 3.32. The second-order valence-electron chi connectivity index (χ2n) is 6.85. The molecule has 0 saturated heterocycles. The molecule has 0 fully saturated rings. The third kappa shape index (κ3) is 2.97. The number of benzene rings is 1. The van der Waals surface area contributed by atoms with Gasteiger partial charge in [0.15, 0.2) is 17.3 Å². The van der Waals surface area contributed by atoms with E-state index in [-0.39, 0.29) is 6.61 Å². The van der Waals surface area contributed by atoms with Crippen molar-refractivity contribution in [2.45, 2.75) is 13.5 Å². The van der Waals surface area contributed by atoms with Crippen molar-refractivity contribution in [3.8, 4) is 22.9 Å². The lowest BCUT2D eigenvalue weighted by Crippen LogP contribution is -2.04. The number of imidazole rings is 1. The number of hydrogen-bond acceptors (Lipinski definition) is 7. The van der Waals surface area contributed by atoms with Crippen LogP contribution in [0.25, 0.3) is 34.1 Å². The molecule has 0 bridgehead atoms. The molecule has 9 nitrogen and oxygen atoms in total. The first-order chi connectivity index (χ1) is 14.6. The minimum absolute atomic E-state index is 0.0264. The first-order valence-corrected chi connectivity index (χ1v) is 9.34. The Kier molecular flexibility index (Phi) is 4.22. The van der Waals surface area contributed by atoms with E-state index >= 15 is 0 Å². The van der Waals surface area contributed by atoms with E-state index < -0.39 is 0 Å². The first-order valence-electron chi connectivity index (χ1n) is 9.34. The number of fused-ring (bicyclic) bond motifs is 1. The Bertz CT molecular complexity index is 1350. The number of hydrogen-bond donors (Lipinski definition) is 2. The summed E-state index contributed by atoms with van der Waals surface area (Å²) in [4.78, 5) is 13.8. The number of nitrogens with zero attached hydrogens (tertiary/aromatic N) is 7. The average Bonchev–Trinajstić information content (AvgIpc) is 3.37. The third-order valence-corrected chi connectivity index (χ3v) is 4.79. The molecule has 0 aliphatic rings. The monoisotopic (exact) mass is 398 g/mol. The summed E-state index contributed by atoms with van der Waals surface area (Å²) in [5.41, 5.74) is 10.7. The number of nitrogen functional groups attached to an aromatic ring is 1. The lowest BCUT2D eigenvalue weighted by atomic mass is 10.2. The summed E-state index contributed by atoms with van der Waals surface area (Å²) in [6.45, 7) is 1.85. The highest BCUT2D eigenvalue weighted by Crippen LogP contribution is 2.30. The highest BCUT2D eigenvalue weighted by molar-refractivity contribution is 5.83. The van der Waals surface area contributed by atoms with Gasteiger partial charge in [-0.1, -0.05) is 17.3 Å². The van der Waals surface area contributed by atoms with Gasteiger partial charge in [-0.15, -0.1) is 5.10 Å². The van der Waals surface area contributed by atoms with Crippen LogP contribution < -0.4 is 5.73 Å². The van der Waals surface area contributed by atoms with Gasteiger partial charge in [0.25, 0.3) is 0 Å². The Morgan fingerprint density at radius 3 is 2.57 bits per heavy atom. The van der Waals surface area contributed by atoms with Gasteiger partial charge < -0.3 is 10.8 Å². The second kappa shape index (κ2) is 7.05. The van der Waals surface area contributed by atoms with Crippen LogP contribution in [-0.2, 0) is 6.61 Å². The lowest BCUT2D eigenvalue weighted by Gasteiger charge is -2.11. The Labute approximate surface area is 171 Å². The standard InChI is InChI=1S/C21H18N8O/c1-13-11-28(27-26-13)18-9-8-17-21(25-18)29(15-6-4-14(12-30)5-7-15)20(24-17)16-3-2-10-23-19(16)22/h2-11,30H,12H2,1H3,(H2,22,23). The molecular weight excluding hydrogens is 380 g/mol. The molecular formula is C21H18N8O. The average molecular weight is 398 g/mol. The number of aliphatic hydroxyl groups excluding tert-OH is 1. The van der Waals surface area contributed by atoms with Crippen molar-refractivity contribution in [1.29, 1.82) is 0 Å². The van der Waals surface area contributed by atoms with Gasteiger partial charge in [0.05, 0.1) is 24.1 Å². The van der Waals surface area contributed by atoms with Crippen LogP contribution in [0.1, 0.15) is 11.3 Å². The zero-order chi connectivity index (χ0) is 20.7.